The third-order valence-corrected chi connectivity index (χ3v) is 5.15. The molecule has 31 heavy (non-hydrogen) atoms. The molecule has 4 aromatic rings. The largest absolute Gasteiger partial charge is 0.323 e. The second kappa shape index (κ2) is 9.22. The van der Waals surface area contributed by atoms with E-state index in [1.165, 1.54) is 29.2 Å². The molecule has 0 amide bonds. The molecule has 0 spiro atoms. The Hall–Kier alpha value is -3.33. The van der Waals surface area contributed by atoms with Crippen LogP contribution in [0, 0.1) is 18.6 Å². The number of hydrogen-bond donors (Lipinski definition) is 2. The molecule has 0 aliphatic carbocycles. The number of nitrogens with one attached hydrogen (secondary N) is 2. The maximum Gasteiger partial charge on any atom is 0.246 e. The van der Waals surface area contributed by atoms with Crippen molar-refractivity contribution in [2.45, 2.75) is 25.7 Å². The van der Waals surface area contributed by atoms with Crippen LogP contribution in [0.3, 0.4) is 0 Å². The van der Waals surface area contributed by atoms with E-state index in [0.29, 0.717) is 34.9 Å². The van der Waals surface area contributed by atoms with Gasteiger partial charge in [-0.2, -0.15) is 10.1 Å². The van der Waals surface area contributed by atoms with E-state index in [4.69, 9.17) is 11.6 Å². The van der Waals surface area contributed by atoms with E-state index in [2.05, 4.69) is 30.6 Å². The van der Waals surface area contributed by atoms with E-state index in [1.807, 2.05) is 0 Å². The first-order valence-electron chi connectivity index (χ1n) is 9.72. The average Bonchev–Trinajstić information content (AvgIpc) is 3.39. The summed E-state index contributed by atoms with van der Waals surface area (Å²) in [5.74, 6) is 1.14. The first kappa shape index (κ1) is 20.9. The fourth-order valence-electron chi connectivity index (χ4n) is 3.34. The molecule has 0 radical (unpaired) electrons. The number of benzene rings is 2. The maximum absolute atomic E-state index is 14.6. The molecule has 0 aliphatic rings. The predicted octanol–water partition coefficient (Wildman–Crippen LogP) is 4.87. The van der Waals surface area contributed by atoms with Gasteiger partial charge in [0.05, 0.1) is 0 Å². The summed E-state index contributed by atoms with van der Waals surface area (Å²) in [5.41, 5.74) is 1.70. The number of hydrogen-bond acceptors (Lipinski definition) is 5. The van der Waals surface area contributed by atoms with Gasteiger partial charge in [-0.15, -0.1) is 16.7 Å². The van der Waals surface area contributed by atoms with Crippen molar-refractivity contribution in [1.82, 2.24) is 29.9 Å². The van der Waals surface area contributed by atoms with Gasteiger partial charge in [0.25, 0.3) is 0 Å². The zero-order chi connectivity index (χ0) is 21.8. The highest BCUT2D eigenvalue weighted by Crippen LogP contribution is 2.28. The molecule has 4 rings (SSSR count). The summed E-state index contributed by atoms with van der Waals surface area (Å²) in [6.45, 7) is 1.75. The Morgan fingerprint density at radius 3 is 2.65 bits per heavy atom. The smallest absolute Gasteiger partial charge is 0.246 e. The molecule has 1 atom stereocenters. The molecule has 7 nitrogen and oxygen atoms in total. The Labute approximate surface area is 182 Å². The predicted molar refractivity (Wildman–Crippen MR) is 114 cm³/mol. The van der Waals surface area contributed by atoms with Gasteiger partial charge in [0, 0.05) is 17.5 Å². The molecule has 0 saturated heterocycles. The Morgan fingerprint density at radius 2 is 1.97 bits per heavy atom. The molecule has 160 valence electrons. The van der Waals surface area contributed by atoms with Crippen LogP contribution >= 0.6 is 11.6 Å². The molecular weight excluding hydrogens is 424 g/mol. The SMILES string of the molecule is Cc1ncnn1-c1ccc(Nc2n[nH]c(C(CCCCl)c3ccc(F)cc3)n2)cc1F. The third-order valence-electron chi connectivity index (χ3n) is 4.88. The van der Waals surface area contributed by atoms with Gasteiger partial charge in [-0.05, 0) is 55.7 Å². The summed E-state index contributed by atoms with van der Waals surface area (Å²) < 4.78 is 29.3. The number of H-pyrrole nitrogens is 1. The number of aryl methyl sites for hydroxylation is 1. The van der Waals surface area contributed by atoms with Gasteiger partial charge in [-0.25, -0.2) is 18.4 Å². The Kier molecular flexibility index (Phi) is 6.22. The monoisotopic (exact) mass is 443 g/mol. The molecule has 10 heteroatoms. The molecule has 0 aliphatic heterocycles. The van der Waals surface area contributed by atoms with E-state index in [9.17, 15) is 8.78 Å². The topological polar surface area (TPSA) is 84.3 Å². The average molecular weight is 444 g/mol. The lowest BCUT2D eigenvalue weighted by Crippen LogP contribution is -2.05. The summed E-state index contributed by atoms with van der Waals surface area (Å²) in [5, 5.41) is 14.1. The van der Waals surface area contributed by atoms with Crippen LogP contribution in [-0.4, -0.2) is 35.8 Å². The van der Waals surface area contributed by atoms with Crippen molar-refractivity contribution in [1.29, 1.82) is 0 Å². The molecule has 2 N–H and O–H groups in total. The molecule has 2 aromatic carbocycles. The molecular formula is C21H20ClF2N7. The van der Waals surface area contributed by atoms with Crippen LogP contribution in [0.15, 0.2) is 48.8 Å². The Morgan fingerprint density at radius 1 is 1.16 bits per heavy atom. The molecule has 1 unspecified atom stereocenters. The standard InChI is InChI=1S/C21H20ClF2N7/c1-13-25-12-26-31(13)19-9-8-16(11-18(19)24)27-21-28-20(29-30-21)17(3-2-10-22)14-4-6-15(23)7-5-14/h4-9,11-12,17H,2-3,10H2,1H3,(H2,27,28,29,30). The third kappa shape index (κ3) is 4.72. The van der Waals surface area contributed by atoms with Crippen molar-refractivity contribution in [2.75, 3.05) is 11.2 Å². The highest BCUT2D eigenvalue weighted by Gasteiger charge is 2.19. The van der Waals surface area contributed by atoms with E-state index in [1.54, 1.807) is 31.2 Å². The van der Waals surface area contributed by atoms with Crippen LogP contribution in [0.25, 0.3) is 5.69 Å². The summed E-state index contributed by atoms with van der Waals surface area (Å²) in [6, 6.07) is 10.9. The first-order valence-corrected chi connectivity index (χ1v) is 10.3. The number of halogens is 3. The van der Waals surface area contributed by atoms with E-state index >= 15 is 0 Å². The van der Waals surface area contributed by atoms with Gasteiger partial charge < -0.3 is 5.32 Å². The number of anilines is 2. The summed E-state index contributed by atoms with van der Waals surface area (Å²) in [4.78, 5) is 8.52. The van der Waals surface area contributed by atoms with Crippen LogP contribution in [0.4, 0.5) is 20.4 Å². The lowest BCUT2D eigenvalue weighted by atomic mass is 9.94. The normalized spacial score (nSPS) is 12.1. The maximum atomic E-state index is 14.6. The zero-order valence-electron chi connectivity index (χ0n) is 16.7. The quantitative estimate of drug-likeness (QED) is 0.380. The van der Waals surface area contributed by atoms with E-state index in [0.717, 1.165) is 18.4 Å². The van der Waals surface area contributed by atoms with Crippen molar-refractivity contribution in [2.24, 2.45) is 0 Å². The van der Waals surface area contributed by atoms with Crippen molar-refractivity contribution < 1.29 is 8.78 Å². The van der Waals surface area contributed by atoms with Crippen LogP contribution in [0.5, 0.6) is 0 Å². The molecule has 0 fully saturated rings. The molecule has 2 aromatic heterocycles. The van der Waals surface area contributed by atoms with Gasteiger partial charge in [0.2, 0.25) is 5.95 Å². The zero-order valence-corrected chi connectivity index (χ0v) is 17.4. The van der Waals surface area contributed by atoms with Crippen molar-refractivity contribution in [3.63, 3.8) is 0 Å². The Bertz CT molecular complexity index is 1160. The van der Waals surface area contributed by atoms with Crippen molar-refractivity contribution in [3.05, 3.63) is 77.6 Å². The molecule has 0 saturated carbocycles. The van der Waals surface area contributed by atoms with Crippen LogP contribution in [0.1, 0.15) is 36.0 Å². The lowest BCUT2D eigenvalue weighted by Gasteiger charge is -2.14. The van der Waals surface area contributed by atoms with Crippen molar-refractivity contribution >= 4 is 23.2 Å². The molecule has 0 bridgehead atoms. The Balaban J connectivity index is 1.54. The van der Waals surface area contributed by atoms with E-state index in [-0.39, 0.29) is 11.7 Å². The number of alkyl halides is 1. The minimum absolute atomic E-state index is 0.114. The fourth-order valence-corrected chi connectivity index (χ4v) is 3.50. The number of rotatable bonds is 8. The first-order chi connectivity index (χ1) is 15.0. The van der Waals surface area contributed by atoms with Crippen molar-refractivity contribution in [3.8, 4) is 5.69 Å². The summed E-state index contributed by atoms with van der Waals surface area (Å²) >= 11 is 5.87. The van der Waals surface area contributed by atoms with Gasteiger partial charge in [0.15, 0.2) is 5.82 Å². The van der Waals surface area contributed by atoms with Gasteiger partial charge in [-0.3, -0.25) is 5.10 Å². The second-order valence-electron chi connectivity index (χ2n) is 6.99. The van der Waals surface area contributed by atoms with Crippen LogP contribution in [0.2, 0.25) is 0 Å². The van der Waals surface area contributed by atoms with E-state index < -0.39 is 5.82 Å². The highest BCUT2D eigenvalue weighted by molar-refractivity contribution is 6.17. The van der Waals surface area contributed by atoms with Crippen LogP contribution < -0.4 is 5.32 Å². The number of aromatic amines is 1. The fraction of sp³-hybridized carbons (Fsp3) is 0.238. The molecule has 2 heterocycles. The highest BCUT2D eigenvalue weighted by atomic mass is 35.5. The number of nitrogens with zero attached hydrogens (tertiary/aromatic N) is 5. The second-order valence-corrected chi connectivity index (χ2v) is 7.37. The summed E-state index contributed by atoms with van der Waals surface area (Å²) in [6.07, 6.45) is 2.86. The minimum Gasteiger partial charge on any atom is -0.323 e. The van der Waals surface area contributed by atoms with Crippen LogP contribution in [-0.2, 0) is 0 Å². The van der Waals surface area contributed by atoms with Gasteiger partial charge in [0.1, 0.15) is 29.5 Å². The summed E-state index contributed by atoms with van der Waals surface area (Å²) in [7, 11) is 0. The lowest BCUT2D eigenvalue weighted by molar-refractivity contribution is 0.608. The van der Waals surface area contributed by atoms with Gasteiger partial charge >= 0.3 is 0 Å². The van der Waals surface area contributed by atoms with Gasteiger partial charge in [-0.1, -0.05) is 12.1 Å². The minimum atomic E-state index is -0.458. The number of aromatic nitrogens is 6.